The third kappa shape index (κ3) is 3.87. The van der Waals surface area contributed by atoms with Crippen LogP contribution in [0.15, 0.2) is 48.5 Å². The zero-order valence-electron chi connectivity index (χ0n) is 19.9. The summed E-state index contributed by atoms with van der Waals surface area (Å²) in [6, 6.07) is 12.2. The van der Waals surface area contributed by atoms with Gasteiger partial charge in [-0.1, -0.05) is 26.1 Å². The van der Waals surface area contributed by atoms with Crippen molar-refractivity contribution in [3.63, 3.8) is 0 Å². The second-order valence-corrected chi connectivity index (χ2v) is 11.6. The number of hydrogen-bond acceptors (Lipinski definition) is 3. The largest absolute Gasteiger partial charge is 0.319 e. The molecule has 3 aromatic carbocycles. The quantitative estimate of drug-likeness (QED) is 0.256. The van der Waals surface area contributed by atoms with Crippen molar-refractivity contribution in [1.82, 2.24) is 14.5 Å². The van der Waals surface area contributed by atoms with Gasteiger partial charge in [-0.3, -0.25) is 9.69 Å². The normalized spacial score (nSPS) is 17.5. The number of rotatable bonds is 5. The van der Waals surface area contributed by atoms with Gasteiger partial charge in [0, 0.05) is 10.9 Å². The summed E-state index contributed by atoms with van der Waals surface area (Å²) in [7, 11) is 3.25. The molecule has 0 amide bonds. The van der Waals surface area contributed by atoms with Crippen LogP contribution >= 0.6 is 7.92 Å². The summed E-state index contributed by atoms with van der Waals surface area (Å²) in [6.45, 7) is 4.02. The van der Waals surface area contributed by atoms with Gasteiger partial charge in [0.2, 0.25) is 0 Å². The number of benzene rings is 3. The fourth-order valence-electron chi connectivity index (χ4n) is 5.06. The molecule has 5 rings (SSSR count). The summed E-state index contributed by atoms with van der Waals surface area (Å²) < 4.78 is 46.2. The summed E-state index contributed by atoms with van der Waals surface area (Å²) >= 11 is 0. The Morgan fingerprint density at radius 3 is 2.31 bits per heavy atom. The molecule has 2 unspecified atom stereocenters. The molecule has 180 valence electrons. The summed E-state index contributed by atoms with van der Waals surface area (Å²) in [5.74, 6) is -0.897. The highest BCUT2D eigenvalue weighted by molar-refractivity contribution is 7.64. The number of aldehydes is 1. The number of hydrogen-bond donors (Lipinski definition) is 0. The molecule has 1 aliphatic rings. The molecule has 1 aromatic heterocycles. The first-order valence-corrected chi connectivity index (χ1v) is 13.5. The fraction of sp³-hybridized carbons (Fsp3) is 0.259. The van der Waals surface area contributed by atoms with Crippen LogP contribution in [-0.2, 0) is 0 Å². The van der Waals surface area contributed by atoms with Crippen molar-refractivity contribution >= 4 is 30.5 Å². The number of halogens is 3. The molecular weight excluding hydrogens is 470 g/mol. The van der Waals surface area contributed by atoms with Crippen molar-refractivity contribution < 1.29 is 18.0 Å². The monoisotopic (exact) mass is 495 g/mol. The van der Waals surface area contributed by atoms with Crippen LogP contribution in [0.25, 0.3) is 22.2 Å². The Morgan fingerprint density at radius 1 is 0.971 bits per heavy atom. The van der Waals surface area contributed by atoms with E-state index in [-0.39, 0.29) is 23.0 Å². The zero-order valence-corrected chi connectivity index (χ0v) is 20.8. The average molecular weight is 495 g/mol. The lowest BCUT2D eigenvalue weighted by Gasteiger charge is -2.20. The predicted molar refractivity (Wildman–Crippen MR) is 134 cm³/mol. The van der Waals surface area contributed by atoms with Crippen molar-refractivity contribution in [1.29, 1.82) is 0 Å². The van der Waals surface area contributed by atoms with Crippen LogP contribution in [0.4, 0.5) is 13.2 Å². The van der Waals surface area contributed by atoms with E-state index in [1.54, 1.807) is 0 Å². The van der Waals surface area contributed by atoms with E-state index >= 15 is 4.39 Å². The fourth-order valence-corrected chi connectivity index (χ4v) is 5.92. The molecule has 0 spiro atoms. The number of nitrogens with zero attached hydrogens (tertiary/aromatic N) is 3. The molecule has 0 aliphatic carbocycles. The highest BCUT2D eigenvalue weighted by Gasteiger charge is 2.39. The Morgan fingerprint density at radius 2 is 1.66 bits per heavy atom. The molecule has 0 N–H and O–H groups in total. The van der Waals surface area contributed by atoms with E-state index < -0.39 is 25.6 Å². The molecule has 0 radical (unpaired) electrons. The first kappa shape index (κ1) is 23.7. The summed E-state index contributed by atoms with van der Waals surface area (Å²) in [5.41, 5.74) is 2.71. The van der Waals surface area contributed by atoms with Gasteiger partial charge in [0.25, 0.3) is 0 Å². The standard InChI is InChI=1S/C27H25F3N3OP/c1-32(2)24-13-23(26-17(14-34)18(28)7-8-19(26)29)33-22-12-16(5-9-21(22)31-27(24)33)15-6-10-25(35(3)4)20(30)11-15/h5-12,14,23-24H,13H2,1-4H3. The van der Waals surface area contributed by atoms with Gasteiger partial charge in [0.05, 0.1) is 28.7 Å². The molecule has 0 saturated carbocycles. The van der Waals surface area contributed by atoms with Crippen LogP contribution in [0, 0.1) is 17.5 Å². The van der Waals surface area contributed by atoms with Gasteiger partial charge in [0.15, 0.2) is 6.29 Å². The van der Waals surface area contributed by atoms with Crippen LogP contribution < -0.4 is 5.30 Å². The number of carbonyl (C=O) groups excluding carboxylic acids is 1. The van der Waals surface area contributed by atoms with Crippen molar-refractivity contribution in [2.24, 2.45) is 0 Å². The van der Waals surface area contributed by atoms with E-state index in [4.69, 9.17) is 4.98 Å². The van der Waals surface area contributed by atoms with E-state index in [2.05, 4.69) is 0 Å². The second-order valence-electron chi connectivity index (χ2n) is 9.31. The lowest BCUT2D eigenvalue weighted by atomic mass is 9.96. The third-order valence-electron chi connectivity index (χ3n) is 6.79. The zero-order chi connectivity index (χ0) is 25.0. The molecule has 0 bridgehead atoms. The molecule has 8 heteroatoms. The molecule has 0 fully saturated rings. The van der Waals surface area contributed by atoms with Gasteiger partial charge in [-0.25, -0.2) is 18.2 Å². The van der Waals surface area contributed by atoms with Crippen molar-refractivity contribution in [3.05, 3.63) is 82.9 Å². The minimum absolute atomic E-state index is 0.0324. The van der Waals surface area contributed by atoms with E-state index in [1.807, 2.05) is 67.2 Å². The van der Waals surface area contributed by atoms with Crippen molar-refractivity contribution in [2.45, 2.75) is 18.5 Å². The van der Waals surface area contributed by atoms with Crippen LogP contribution in [0.2, 0.25) is 0 Å². The van der Waals surface area contributed by atoms with E-state index in [0.29, 0.717) is 23.5 Å². The summed E-state index contributed by atoms with van der Waals surface area (Å²) in [5, 5.41) is 0.715. The second kappa shape index (κ2) is 8.89. The summed E-state index contributed by atoms with van der Waals surface area (Å²) in [4.78, 5) is 18.6. The Hall–Kier alpha value is -3.02. The predicted octanol–water partition coefficient (Wildman–Crippen LogP) is 5.90. The summed E-state index contributed by atoms with van der Waals surface area (Å²) in [6.07, 6.45) is 0.818. The third-order valence-corrected chi connectivity index (χ3v) is 8.12. The van der Waals surface area contributed by atoms with Crippen molar-refractivity contribution in [3.8, 4) is 11.1 Å². The Labute approximate surface area is 203 Å². The van der Waals surface area contributed by atoms with E-state index in [0.717, 1.165) is 34.6 Å². The highest BCUT2D eigenvalue weighted by atomic mass is 31.1. The van der Waals surface area contributed by atoms with Gasteiger partial charge >= 0.3 is 0 Å². The van der Waals surface area contributed by atoms with Gasteiger partial charge < -0.3 is 4.57 Å². The van der Waals surface area contributed by atoms with Crippen LogP contribution in [-0.4, -0.2) is 48.2 Å². The van der Waals surface area contributed by atoms with Crippen LogP contribution in [0.5, 0.6) is 0 Å². The maximum absolute atomic E-state index is 15.1. The van der Waals surface area contributed by atoms with Gasteiger partial charge in [-0.05, 0) is 75.3 Å². The lowest BCUT2D eigenvalue weighted by molar-refractivity contribution is 0.111. The van der Waals surface area contributed by atoms with Crippen molar-refractivity contribution in [2.75, 3.05) is 27.4 Å². The first-order chi connectivity index (χ1) is 16.7. The van der Waals surface area contributed by atoms with Gasteiger partial charge in [0.1, 0.15) is 23.3 Å². The molecule has 2 atom stereocenters. The molecular formula is C27H25F3N3OP. The molecule has 4 aromatic rings. The SMILES string of the molecule is CN(C)C1CC(c2c(F)ccc(F)c2C=O)n2c1nc1ccc(-c3ccc(P(C)C)c(F)c3)cc12. The Kier molecular flexibility index (Phi) is 6.02. The van der Waals surface area contributed by atoms with E-state index in [9.17, 15) is 13.6 Å². The first-order valence-electron chi connectivity index (χ1n) is 11.3. The number of imidazole rings is 1. The molecule has 0 saturated heterocycles. The van der Waals surface area contributed by atoms with Crippen LogP contribution in [0.3, 0.4) is 0 Å². The maximum atomic E-state index is 15.1. The van der Waals surface area contributed by atoms with Gasteiger partial charge in [-0.2, -0.15) is 0 Å². The molecule has 35 heavy (non-hydrogen) atoms. The average Bonchev–Trinajstić information content (AvgIpc) is 3.37. The van der Waals surface area contributed by atoms with E-state index in [1.165, 1.54) is 6.07 Å². The lowest BCUT2D eigenvalue weighted by Crippen LogP contribution is -2.18. The maximum Gasteiger partial charge on any atom is 0.153 e. The Balaban J connectivity index is 1.72. The topological polar surface area (TPSA) is 38.1 Å². The smallest absolute Gasteiger partial charge is 0.153 e. The Bertz CT molecular complexity index is 1460. The number of fused-ring (bicyclic) bond motifs is 3. The highest BCUT2D eigenvalue weighted by Crippen LogP contribution is 2.45. The molecule has 1 aliphatic heterocycles. The minimum atomic E-state index is -0.751. The molecule has 4 nitrogen and oxygen atoms in total. The molecule has 2 heterocycles. The minimum Gasteiger partial charge on any atom is -0.319 e. The number of carbonyl (C=O) groups is 1. The number of aromatic nitrogens is 2. The van der Waals surface area contributed by atoms with Crippen LogP contribution in [0.1, 0.15) is 40.3 Å². The van der Waals surface area contributed by atoms with Gasteiger partial charge in [-0.15, -0.1) is 0 Å².